The maximum atomic E-state index is 11.1. The van der Waals surface area contributed by atoms with Gasteiger partial charge in [0.15, 0.2) is 0 Å². The van der Waals surface area contributed by atoms with E-state index in [1.807, 2.05) is 0 Å². The summed E-state index contributed by atoms with van der Waals surface area (Å²) in [7, 11) is 0. The molecule has 3 aliphatic rings. The molecule has 0 aromatic rings. The highest BCUT2D eigenvalue weighted by Gasteiger charge is 2.39. The van der Waals surface area contributed by atoms with Crippen molar-refractivity contribution in [1.82, 2.24) is 10.2 Å². The van der Waals surface area contributed by atoms with E-state index in [4.69, 9.17) is 9.90 Å². The summed E-state index contributed by atoms with van der Waals surface area (Å²) in [6.45, 7) is 3.85. The van der Waals surface area contributed by atoms with Crippen LogP contribution in [0.1, 0.15) is 45.4 Å². The number of nitrogens with zero attached hydrogens (tertiary/aromatic N) is 1. The fraction of sp³-hybridized carbons (Fsp3) is 0.882. The maximum absolute atomic E-state index is 11.1. The Kier molecular flexibility index (Phi) is 7.01. The van der Waals surface area contributed by atoms with Crippen LogP contribution in [0.15, 0.2) is 0 Å². The number of aliphatic hydroxyl groups is 1. The molecule has 7 nitrogen and oxygen atoms in total. The zero-order valence-corrected chi connectivity index (χ0v) is 14.4. The lowest BCUT2D eigenvalue weighted by Gasteiger charge is -2.46. The Morgan fingerprint density at radius 3 is 2.42 bits per heavy atom. The molecule has 0 radical (unpaired) electrons. The number of carbonyl (C=O) groups is 2. The summed E-state index contributed by atoms with van der Waals surface area (Å²) < 4.78 is 0. The molecule has 0 amide bonds. The van der Waals surface area contributed by atoms with Gasteiger partial charge in [-0.1, -0.05) is 0 Å². The number of likely N-dealkylation sites (tertiary alicyclic amines) is 1. The first-order valence-electron chi connectivity index (χ1n) is 8.94. The number of hydrogen-bond acceptors (Lipinski definition) is 5. The summed E-state index contributed by atoms with van der Waals surface area (Å²) >= 11 is 0. The Labute approximate surface area is 143 Å². The third-order valence-corrected chi connectivity index (χ3v) is 5.52. The molecule has 5 atom stereocenters. The Balaban J connectivity index is 0.000000471. The van der Waals surface area contributed by atoms with E-state index in [1.54, 1.807) is 0 Å². The van der Waals surface area contributed by atoms with Crippen LogP contribution in [0.5, 0.6) is 0 Å². The first-order valence-corrected chi connectivity index (χ1v) is 8.94. The average molecular weight is 342 g/mol. The van der Waals surface area contributed by atoms with E-state index < -0.39 is 11.9 Å². The van der Waals surface area contributed by atoms with Gasteiger partial charge in [-0.2, -0.15) is 0 Å². The third kappa shape index (κ3) is 5.43. The number of aliphatic hydroxyl groups excluding tert-OH is 1. The predicted molar refractivity (Wildman–Crippen MR) is 88.8 cm³/mol. The zero-order valence-electron chi connectivity index (χ0n) is 14.4. The smallest absolute Gasteiger partial charge is 0.320 e. The van der Waals surface area contributed by atoms with Crippen LogP contribution in [-0.2, 0) is 9.59 Å². The molecule has 2 heterocycles. The lowest BCUT2D eigenvalue weighted by atomic mass is 9.71. The molecule has 7 heteroatoms. The van der Waals surface area contributed by atoms with Crippen LogP contribution in [0, 0.1) is 11.8 Å². The largest absolute Gasteiger partial charge is 0.481 e. The van der Waals surface area contributed by atoms with Crippen molar-refractivity contribution in [3.63, 3.8) is 0 Å². The van der Waals surface area contributed by atoms with Crippen LogP contribution in [-0.4, -0.2) is 70.0 Å². The molecule has 24 heavy (non-hydrogen) atoms. The number of fused-ring (bicyclic) bond motifs is 1. The van der Waals surface area contributed by atoms with Gasteiger partial charge in [0.25, 0.3) is 5.97 Å². The fourth-order valence-electron chi connectivity index (χ4n) is 4.37. The van der Waals surface area contributed by atoms with Crippen LogP contribution >= 0.6 is 0 Å². The summed E-state index contributed by atoms with van der Waals surface area (Å²) in [5.41, 5.74) is 0. The van der Waals surface area contributed by atoms with Crippen molar-refractivity contribution in [2.24, 2.45) is 11.8 Å². The standard InChI is InChI=1S/C15H26N2O3.C2H4O2/c18-13-2-1-5-17(9-13)12-4-3-10-8-16-14(15(19)20)7-11(10)6-12;1-2(3)4/h10-14,16,18H,1-9H2,(H,19,20);1H3,(H,3,4). The van der Waals surface area contributed by atoms with Gasteiger partial charge in [0.05, 0.1) is 6.10 Å². The Hall–Kier alpha value is -1.18. The number of β-amino-alcohol motifs (C(OH)–C–C–N with tert-alkyl or cyclic N) is 1. The number of rotatable bonds is 2. The van der Waals surface area contributed by atoms with Gasteiger partial charge in [0.2, 0.25) is 0 Å². The minimum absolute atomic E-state index is 0.165. The minimum Gasteiger partial charge on any atom is -0.481 e. The van der Waals surface area contributed by atoms with Crippen molar-refractivity contribution in [2.45, 2.75) is 63.6 Å². The van der Waals surface area contributed by atoms with E-state index in [0.717, 1.165) is 52.2 Å². The molecule has 0 spiro atoms. The summed E-state index contributed by atoms with van der Waals surface area (Å²) in [6.07, 6.45) is 6.14. The molecule has 2 aliphatic heterocycles. The molecule has 0 aromatic carbocycles. The molecule has 2 saturated heterocycles. The van der Waals surface area contributed by atoms with Crippen LogP contribution in [0.3, 0.4) is 0 Å². The molecule has 1 aliphatic carbocycles. The Morgan fingerprint density at radius 2 is 1.79 bits per heavy atom. The van der Waals surface area contributed by atoms with Gasteiger partial charge in [-0.05, 0) is 63.5 Å². The molecule has 0 aromatic heterocycles. The van der Waals surface area contributed by atoms with E-state index in [2.05, 4.69) is 10.2 Å². The van der Waals surface area contributed by atoms with Crippen LogP contribution in [0.25, 0.3) is 0 Å². The summed E-state index contributed by atoms with van der Waals surface area (Å²) in [5, 5.41) is 29.6. The minimum atomic E-state index is -0.833. The van der Waals surface area contributed by atoms with E-state index in [-0.39, 0.29) is 12.1 Å². The molecular formula is C17H30N2O5. The van der Waals surface area contributed by atoms with E-state index >= 15 is 0 Å². The molecule has 138 valence electrons. The second-order valence-electron chi connectivity index (χ2n) is 7.33. The Morgan fingerprint density at radius 1 is 1.08 bits per heavy atom. The van der Waals surface area contributed by atoms with Crippen molar-refractivity contribution < 1.29 is 24.9 Å². The second kappa shape index (κ2) is 8.78. The monoisotopic (exact) mass is 342 g/mol. The summed E-state index contributed by atoms with van der Waals surface area (Å²) in [4.78, 5) is 22.6. The number of hydrogen-bond donors (Lipinski definition) is 4. The zero-order chi connectivity index (χ0) is 17.7. The summed E-state index contributed by atoms with van der Waals surface area (Å²) in [6, 6.07) is 0.195. The van der Waals surface area contributed by atoms with Gasteiger partial charge in [-0.25, -0.2) is 0 Å². The molecular weight excluding hydrogens is 312 g/mol. The first kappa shape index (κ1) is 19.1. The van der Waals surface area contributed by atoms with Crippen molar-refractivity contribution in [2.75, 3.05) is 19.6 Å². The van der Waals surface area contributed by atoms with E-state index in [9.17, 15) is 15.0 Å². The quantitative estimate of drug-likeness (QED) is 0.586. The molecule has 0 bridgehead atoms. The highest BCUT2D eigenvalue weighted by Crippen LogP contribution is 2.38. The van der Waals surface area contributed by atoms with Gasteiger partial charge in [-0.15, -0.1) is 0 Å². The molecule has 3 fully saturated rings. The van der Waals surface area contributed by atoms with E-state index in [1.165, 1.54) is 12.8 Å². The number of carboxylic acids is 2. The SMILES string of the molecule is CC(=O)O.O=C(O)C1CC2CC(N3CCCC(O)C3)CCC2CN1. The second-order valence-corrected chi connectivity index (χ2v) is 7.33. The molecule has 4 N–H and O–H groups in total. The number of piperidine rings is 2. The van der Waals surface area contributed by atoms with Gasteiger partial charge in [0.1, 0.15) is 6.04 Å². The molecule has 1 saturated carbocycles. The van der Waals surface area contributed by atoms with Gasteiger partial charge >= 0.3 is 5.97 Å². The molecule has 3 rings (SSSR count). The highest BCUT2D eigenvalue weighted by atomic mass is 16.4. The maximum Gasteiger partial charge on any atom is 0.320 e. The van der Waals surface area contributed by atoms with Crippen molar-refractivity contribution in [3.05, 3.63) is 0 Å². The lowest BCUT2D eigenvalue weighted by Crippen LogP contribution is -2.53. The van der Waals surface area contributed by atoms with E-state index in [0.29, 0.717) is 17.9 Å². The van der Waals surface area contributed by atoms with Gasteiger partial charge < -0.3 is 20.6 Å². The van der Waals surface area contributed by atoms with Crippen molar-refractivity contribution in [3.8, 4) is 0 Å². The van der Waals surface area contributed by atoms with Crippen LogP contribution in [0.4, 0.5) is 0 Å². The van der Waals surface area contributed by atoms with Crippen LogP contribution < -0.4 is 5.32 Å². The first-order chi connectivity index (χ1) is 11.4. The Bertz CT molecular complexity index is 441. The lowest BCUT2D eigenvalue weighted by molar-refractivity contribution is -0.141. The van der Waals surface area contributed by atoms with Crippen LogP contribution in [0.2, 0.25) is 0 Å². The summed E-state index contributed by atoms with van der Waals surface area (Å²) in [5.74, 6) is -0.356. The number of aliphatic carboxylic acids is 2. The average Bonchev–Trinajstić information content (AvgIpc) is 2.53. The number of carboxylic acid groups (broad SMARTS) is 2. The number of nitrogens with one attached hydrogen (secondary N) is 1. The topological polar surface area (TPSA) is 110 Å². The highest BCUT2D eigenvalue weighted by molar-refractivity contribution is 5.73. The third-order valence-electron chi connectivity index (χ3n) is 5.52. The van der Waals surface area contributed by atoms with Gasteiger partial charge in [0, 0.05) is 19.5 Å². The fourth-order valence-corrected chi connectivity index (χ4v) is 4.37. The van der Waals surface area contributed by atoms with Crippen molar-refractivity contribution in [1.29, 1.82) is 0 Å². The van der Waals surface area contributed by atoms with Crippen molar-refractivity contribution >= 4 is 11.9 Å². The molecule has 5 unspecified atom stereocenters. The normalized spacial score (nSPS) is 36.8. The predicted octanol–water partition coefficient (Wildman–Crippen LogP) is 0.765. The van der Waals surface area contributed by atoms with Gasteiger partial charge in [-0.3, -0.25) is 14.5 Å².